The number of aryl methyl sites for hydroxylation is 1. The van der Waals surface area contributed by atoms with Crippen LogP contribution in [-0.4, -0.2) is 41.4 Å². The molecule has 0 spiro atoms. The zero-order valence-electron chi connectivity index (χ0n) is 22.6. The Morgan fingerprint density at radius 2 is 1.90 bits per heavy atom. The summed E-state index contributed by atoms with van der Waals surface area (Å²) in [4.78, 5) is 19.1. The van der Waals surface area contributed by atoms with Crippen molar-refractivity contribution in [1.82, 2.24) is 14.9 Å². The average Bonchev–Trinajstić information content (AvgIpc) is 3.44. The van der Waals surface area contributed by atoms with Gasteiger partial charge in [0, 0.05) is 41.1 Å². The van der Waals surface area contributed by atoms with Crippen molar-refractivity contribution < 1.29 is 14.3 Å². The Bertz CT molecular complexity index is 1560. The third kappa shape index (κ3) is 5.28. The van der Waals surface area contributed by atoms with Gasteiger partial charge in [-0.15, -0.1) is 0 Å². The van der Waals surface area contributed by atoms with Crippen molar-refractivity contribution in [2.75, 3.05) is 31.0 Å². The van der Waals surface area contributed by atoms with E-state index in [0.29, 0.717) is 21.6 Å². The minimum atomic E-state index is -0.284. The van der Waals surface area contributed by atoms with E-state index in [9.17, 15) is 4.79 Å². The Kier molecular flexibility index (Phi) is 8.07. The van der Waals surface area contributed by atoms with Gasteiger partial charge in [0.2, 0.25) is 5.91 Å². The van der Waals surface area contributed by atoms with Gasteiger partial charge in [0.1, 0.15) is 12.4 Å². The summed E-state index contributed by atoms with van der Waals surface area (Å²) in [5.74, 6) is 0.247. The molecule has 3 heterocycles. The smallest absolute Gasteiger partial charge is 0.250 e. The van der Waals surface area contributed by atoms with E-state index < -0.39 is 0 Å². The molecule has 2 aromatic heterocycles. The fourth-order valence-corrected chi connectivity index (χ4v) is 5.84. The number of amides is 1. The topological polar surface area (TPSA) is 80.7 Å². The Hall–Kier alpha value is -3.92. The van der Waals surface area contributed by atoms with Gasteiger partial charge < -0.3 is 29.6 Å². The highest BCUT2D eigenvalue weighted by molar-refractivity contribution is 7.80. The number of pyridine rings is 1. The SMILES string of the molecule is COCC(=O)Nc1cc(N2C(=S)N[C@H](c3ccccn3)[C@H]2c2cc(C)n(-c3cccc(Cl)c3)c2C)ccc1OC. The average molecular weight is 576 g/mol. The summed E-state index contributed by atoms with van der Waals surface area (Å²) in [6.07, 6.45) is 1.78. The molecule has 40 heavy (non-hydrogen) atoms. The van der Waals surface area contributed by atoms with Crippen LogP contribution in [0.2, 0.25) is 5.02 Å². The van der Waals surface area contributed by atoms with Gasteiger partial charge >= 0.3 is 0 Å². The lowest BCUT2D eigenvalue weighted by Crippen LogP contribution is -2.29. The Morgan fingerprint density at radius 1 is 1.07 bits per heavy atom. The summed E-state index contributed by atoms with van der Waals surface area (Å²) < 4.78 is 12.7. The van der Waals surface area contributed by atoms with Crippen molar-refractivity contribution in [3.8, 4) is 11.4 Å². The van der Waals surface area contributed by atoms with Crippen molar-refractivity contribution in [1.29, 1.82) is 0 Å². The maximum Gasteiger partial charge on any atom is 0.250 e. The molecule has 0 bridgehead atoms. The van der Waals surface area contributed by atoms with Gasteiger partial charge in [0.15, 0.2) is 5.11 Å². The number of ether oxygens (including phenoxy) is 2. The van der Waals surface area contributed by atoms with Gasteiger partial charge in [-0.1, -0.05) is 23.7 Å². The number of halogens is 1. The molecule has 1 saturated heterocycles. The molecule has 1 amide bonds. The molecule has 0 saturated carbocycles. The van der Waals surface area contributed by atoms with Crippen molar-refractivity contribution >= 4 is 46.2 Å². The van der Waals surface area contributed by atoms with Gasteiger partial charge in [-0.2, -0.15) is 0 Å². The zero-order valence-corrected chi connectivity index (χ0v) is 24.2. The summed E-state index contributed by atoms with van der Waals surface area (Å²) in [5, 5.41) is 7.61. The Labute approximate surface area is 243 Å². The number of benzene rings is 2. The summed E-state index contributed by atoms with van der Waals surface area (Å²) in [6.45, 7) is 4.11. The van der Waals surface area contributed by atoms with Crippen LogP contribution >= 0.6 is 23.8 Å². The molecule has 0 aliphatic carbocycles. The molecule has 2 atom stereocenters. The lowest BCUT2D eigenvalue weighted by Gasteiger charge is -2.29. The second kappa shape index (κ2) is 11.7. The highest BCUT2D eigenvalue weighted by Crippen LogP contribution is 2.45. The molecule has 0 radical (unpaired) electrons. The number of hydrogen-bond acceptors (Lipinski definition) is 5. The van der Waals surface area contributed by atoms with Gasteiger partial charge in [0.05, 0.1) is 30.6 Å². The van der Waals surface area contributed by atoms with Crippen LogP contribution in [0.15, 0.2) is 72.9 Å². The minimum Gasteiger partial charge on any atom is -0.495 e. The van der Waals surface area contributed by atoms with Crippen LogP contribution in [0.4, 0.5) is 11.4 Å². The van der Waals surface area contributed by atoms with Gasteiger partial charge in [-0.3, -0.25) is 9.78 Å². The summed E-state index contributed by atoms with van der Waals surface area (Å²) >= 11 is 12.3. The number of hydrogen-bond donors (Lipinski definition) is 2. The monoisotopic (exact) mass is 575 g/mol. The number of nitrogens with one attached hydrogen (secondary N) is 2. The molecular formula is C30H30ClN5O3S. The molecule has 5 rings (SSSR count). The van der Waals surface area contributed by atoms with Crippen LogP contribution in [0, 0.1) is 13.8 Å². The van der Waals surface area contributed by atoms with E-state index in [1.165, 1.54) is 7.11 Å². The van der Waals surface area contributed by atoms with E-state index in [4.69, 9.17) is 33.3 Å². The summed E-state index contributed by atoms with van der Waals surface area (Å²) in [7, 11) is 3.04. The van der Waals surface area contributed by atoms with E-state index in [-0.39, 0.29) is 24.6 Å². The normalized spacial score (nSPS) is 16.6. The lowest BCUT2D eigenvalue weighted by molar-refractivity contribution is -0.119. The second-order valence-corrected chi connectivity index (χ2v) is 10.3. The first kappa shape index (κ1) is 27.6. The highest BCUT2D eigenvalue weighted by atomic mass is 35.5. The number of carbonyl (C=O) groups excluding carboxylic acids is 1. The molecule has 0 unspecified atom stereocenters. The summed E-state index contributed by atoms with van der Waals surface area (Å²) in [6, 6.07) is 21.0. The minimum absolute atomic E-state index is 0.0725. The number of carbonyl (C=O) groups is 1. The maximum absolute atomic E-state index is 12.4. The van der Waals surface area contributed by atoms with E-state index >= 15 is 0 Å². The van der Waals surface area contributed by atoms with Crippen LogP contribution in [0.5, 0.6) is 5.75 Å². The molecule has 8 nitrogen and oxygen atoms in total. The first-order valence-electron chi connectivity index (χ1n) is 12.7. The van der Waals surface area contributed by atoms with Crippen LogP contribution in [-0.2, 0) is 9.53 Å². The molecule has 4 aromatic rings. The fourth-order valence-electron chi connectivity index (χ4n) is 5.31. The van der Waals surface area contributed by atoms with E-state index in [0.717, 1.165) is 34.0 Å². The van der Waals surface area contributed by atoms with E-state index in [1.54, 1.807) is 13.3 Å². The molecule has 1 aliphatic rings. The summed E-state index contributed by atoms with van der Waals surface area (Å²) in [5.41, 5.74) is 6.37. The standard InChI is InChI=1S/C30H30ClN5O3S/c1-18-14-23(19(2)35(18)21-9-7-8-20(31)15-21)29-28(24-10-5-6-13-32-24)34-30(40)36(29)22-11-12-26(39-4)25(16-22)33-27(37)17-38-3/h5-16,28-29H,17H2,1-4H3,(H,33,37)(H,34,40)/t28-,29-/m1/s1. The van der Waals surface area contributed by atoms with Crippen molar-refractivity contribution in [2.24, 2.45) is 0 Å². The van der Waals surface area contributed by atoms with Crippen LogP contribution in [0.3, 0.4) is 0 Å². The van der Waals surface area contributed by atoms with Crippen LogP contribution < -0.4 is 20.3 Å². The highest BCUT2D eigenvalue weighted by Gasteiger charge is 2.42. The quantitative estimate of drug-likeness (QED) is 0.253. The van der Waals surface area contributed by atoms with Gasteiger partial charge in [-0.25, -0.2) is 0 Å². The largest absolute Gasteiger partial charge is 0.495 e. The zero-order chi connectivity index (χ0) is 28.4. The number of aromatic nitrogens is 2. The number of anilines is 2. The molecular weight excluding hydrogens is 546 g/mol. The molecule has 1 fully saturated rings. The fraction of sp³-hybridized carbons (Fsp3) is 0.233. The molecule has 10 heteroatoms. The molecule has 206 valence electrons. The first-order valence-corrected chi connectivity index (χ1v) is 13.5. The predicted octanol–water partition coefficient (Wildman–Crippen LogP) is 5.91. The van der Waals surface area contributed by atoms with Crippen LogP contribution in [0.1, 0.15) is 34.7 Å². The van der Waals surface area contributed by atoms with Crippen molar-refractivity contribution in [3.05, 3.63) is 101 Å². The Morgan fingerprint density at radius 3 is 2.60 bits per heavy atom. The maximum atomic E-state index is 12.4. The van der Waals surface area contributed by atoms with Gasteiger partial charge in [-0.05, 0) is 86.2 Å². The number of thiocarbonyl (C=S) groups is 1. The molecule has 2 N–H and O–H groups in total. The van der Waals surface area contributed by atoms with Gasteiger partial charge in [0.25, 0.3) is 0 Å². The van der Waals surface area contributed by atoms with E-state index in [2.05, 4.69) is 45.0 Å². The predicted molar refractivity (Wildman–Crippen MR) is 162 cm³/mol. The van der Waals surface area contributed by atoms with E-state index in [1.807, 2.05) is 60.7 Å². The lowest BCUT2D eigenvalue weighted by atomic mass is 9.96. The third-order valence-electron chi connectivity index (χ3n) is 6.96. The van der Waals surface area contributed by atoms with Crippen LogP contribution in [0.25, 0.3) is 5.69 Å². The van der Waals surface area contributed by atoms with Crippen molar-refractivity contribution in [2.45, 2.75) is 25.9 Å². The number of nitrogens with zero attached hydrogens (tertiary/aromatic N) is 3. The molecule has 1 aliphatic heterocycles. The Balaban J connectivity index is 1.65. The second-order valence-electron chi connectivity index (χ2n) is 9.50. The van der Waals surface area contributed by atoms with Crippen molar-refractivity contribution in [3.63, 3.8) is 0 Å². The number of methoxy groups -OCH3 is 2. The first-order chi connectivity index (χ1) is 19.3. The number of rotatable bonds is 8. The third-order valence-corrected chi connectivity index (χ3v) is 7.51. The molecule has 2 aromatic carbocycles.